The molecule has 110 valence electrons. The predicted octanol–water partition coefficient (Wildman–Crippen LogP) is 2.97. The molecule has 2 atom stereocenters. The smallest absolute Gasteiger partial charge is 0.137 e. The zero-order chi connectivity index (χ0) is 14.3. The van der Waals surface area contributed by atoms with Crippen molar-refractivity contribution in [3.8, 4) is 0 Å². The van der Waals surface area contributed by atoms with Crippen molar-refractivity contribution in [1.29, 1.82) is 0 Å². The Labute approximate surface area is 125 Å². The number of allylic oxidation sites excluding steroid dienone is 2. The minimum atomic E-state index is 0.277. The normalized spacial score (nSPS) is 19.5. The molecule has 0 bridgehead atoms. The van der Waals surface area contributed by atoms with Crippen LogP contribution in [0.2, 0.25) is 0 Å². The Morgan fingerprint density at radius 3 is 2.86 bits per heavy atom. The third-order valence-electron chi connectivity index (χ3n) is 4.07. The molecule has 0 saturated carbocycles. The molecule has 1 aromatic heterocycles. The zero-order valence-electron chi connectivity index (χ0n) is 12.2. The number of aromatic nitrogens is 3. The van der Waals surface area contributed by atoms with Crippen molar-refractivity contribution in [3.63, 3.8) is 0 Å². The summed E-state index contributed by atoms with van der Waals surface area (Å²) < 4.78 is 1.89. The summed E-state index contributed by atoms with van der Waals surface area (Å²) in [6, 6.07) is 10.9. The SMILES string of the molecule is C1=CC[C@H](CN[C@H](Cn2cncn2)c2ccccc2)CC1. The molecule has 1 N–H and O–H groups in total. The average molecular weight is 282 g/mol. The summed E-state index contributed by atoms with van der Waals surface area (Å²) in [5.74, 6) is 0.747. The van der Waals surface area contributed by atoms with E-state index < -0.39 is 0 Å². The van der Waals surface area contributed by atoms with Crippen LogP contribution in [-0.4, -0.2) is 21.3 Å². The van der Waals surface area contributed by atoms with E-state index in [2.05, 4.69) is 57.9 Å². The van der Waals surface area contributed by atoms with Crippen LogP contribution in [0, 0.1) is 5.92 Å². The molecule has 1 aliphatic rings. The van der Waals surface area contributed by atoms with Crippen molar-refractivity contribution in [2.24, 2.45) is 5.92 Å². The lowest BCUT2D eigenvalue weighted by atomic mass is 9.94. The second-order valence-corrected chi connectivity index (χ2v) is 5.64. The Hall–Kier alpha value is -1.94. The van der Waals surface area contributed by atoms with Crippen molar-refractivity contribution in [2.45, 2.75) is 31.8 Å². The van der Waals surface area contributed by atoms with E-state index in [0.717, 1.165) is 19.0 Å². The Morgan fingerprint density at radius 1 is 1.24 bits per heavy atom. The van der Waals surface area contributed by atoms with Crippen molar-refractivity contribution in [3.05, 3.63) is 60.7 Å². The topological polar surface area (TPSA) is 42.7 Å². The molecule has 0 amide bonds. The average Bonchev–Trinajstić information content (AvgIpc) is 3.06. The van der Waals surface area contributed by atoms with Gasteiger partial charge in [0.05, 0.1) is 12.6 Å². The molecule has 21 heavy (non-hydrogen) atoms. The van der Waals surface area contributed by atoms with Gasteiger partial charge in [-0.15, -0.1) is 0 Å². The van der Waals surface area contributed by atoms with Gasteiger partial charge in [0.2, 0.25) is 0 Å². The molecule has 1 aromatic carbocycles. The van der Waals surface area contributed by atoms with Crippen molar-refractivity contribution >= 4 is 0 Å². The van der Waals surface area contributed by atoms with Crippen LogP contribution in [0.15, 0.2) is 55.1 Å². The van der Waals surface area contributed by atoms with Gasteiger partial charge in [0.15, 0.2) is 0 Å². The molecule has 1 heterocycles. The first-order valence-corrected chi connectivity index (χ1v) is 7.67. The lowest BCUT2D eigenvalue weighted by molar-refractivity contribution is 0.373. The fourth-order valence-electron chi connectivity index (χ4n) is 2.84. The van der Waals surface area contributed by atoms with E-state index in [1.54, 1.807) is 12.7 Å². The lowest BCUT2D eigenvalue weighted by Crippen LogP contribution is -2.30. The second kappa shape index (κ2) is 7.18. The first-order chi connectivity index (χ1) is 10.4. The number of hydrogen-bond donors (Lipinski definition) is 1. The molecular formula is C17H22N4. The molecule has 1 aliphatic carbocycles. The van der Waals surface area contributed by atoms with E-state index in [1.165, 1.54) is 24.8 Å². The molecule has 0 unspecified atom stereocenters. The van der Waals surface area contributed by atoms with Gasteiger partial charge in [-0.05, 0) is 37.3 Å². The van der Waals surface area contributed by atoms with E-state index in [9.17, 15) is 0 Å². The van der Waals surface area contributed by atoms with Gasteiger partial charge in [0, 0.05) is 0 Å². The van der Waals surface area contributed by atoms with E-state index in [-0.39, 0.29) is 6.04 Å². The highest BCUT2D eigenvalue weighted by Crippen LogP contribution is 2.20. The first kappa shape index (κ1) is 14.0. The quantitative estimate of drug-likeness (QED) is 0.828. The van der Waals surface area contributed by atoms with Gasteiger partial charge >= 0.3 is 0 Å². The standard InChI is InChI=1S/C17H22N4/c1-3-7-15(8-4-1)11-19-17(12-21-14-18-13-20-21)16-9-5-2-6-10-16/h1-3,5-6,9-10,13-15,17,19H,4,7-8,11-12H2/t15-,17+/m0/s1. The Morgan fingerprint density at radius 2 is 2.14 bits per heavy atom. The Kier molecular flexibility index (Phi) is 4.79. The molecule has 0 saturated heterocycles. The monoisotopic (exact) mass is 282 g/mol. The van der Waals surface area contributed by atoms with Gasteiger partial charge in [-0.3, -0.25) is 4.68 Å². The van der Waals surface area contributed by atoms with Crippen LogP contribution in [0.3, 0.4) is 0 Å². The third kappa shape index (κ3) is 4.02. The minimum absolute atomic E-state index is 0.277. The summed E-state index contributed by atoms with van der Waals surface area (Å²) in [4.78, 5) is 4.03. The van der Waals surface area contributed by atoms with Crippen LogP contribution in [0.5, 0.6) is 0 Å². The number of hydrogen-bond acceptors (Lipinski definition) is 3. The van der Waals surface area contributed by atoms with E-state index >= 15 is 0 Å². The summed E-state index contributed by atoms with van der Waals surface area (Å²) in [7, 11) is 0. The number of nitrogens with zero attached hydrogens (tertiary/aromatic N) is 3. The molecule has 0 fully saturated rings. The van der Waals surface area contributed by atoms with Gasteiger partial charge in [0.25, 0.3) is 0 Å². The first-order valence-electron chi connectivity index (χ1n) is 7.67. The van der Waals surface area contributed by atoms with Crippen molar-refractivity contribution < 1.29 is 0 Å². The maximum absolute atomic E-state index is 4.23. The predicted molar refractivity (Wildman–Crippen MR) is 83.7 cm³/mol. The summed E-state index contributed by atoms with van der Waals surface area (Å²) in [5.41, 5.74) is 1.30. The molecule has 0 spiro atoms. The Bertz CT molecular complexity index is 547. The highest BCUT2D eigenvalue weighted by molar-refractivity contribution is 5.18. The highest BCUT2D eigenvalue weighted by Gasteiger charge is 2.15. The van der Waals surface area contributed by atoms with Crippen molar-refractivity contribution in [2.75, 3.05) is 6.54 Å². The van der Waals surface area contributed by atoms with Crippen LogP contribution < -0.4 is 5.32 Å². The number of benzene rings is 1. The largest absolute Gasteiger partial charge is 0.308 e. The van der Waals surface area contributed by atoms with E-state index in [4.69, 9.17) is 0 Å². The second-order valence-electron chi connectivity index (χ2n) is 5.64. The van der Waals surface area contributed by atoms with Crippen molar-refractivity contribution in [1.82, 2.24) is 20.1 Å². The summed E-state index contributed by atoms with van der Waals surface area (Å²) in [6.07, 6.45) is 11.7. The van der Waals surface area contributed by atoms with Gasteiger partial charge in [-0.1, -0.05) is 42.5 Å². The van der Waals surface area contributed by atoms with Gasteiger partial charge in [-0.2, -0.15) is 5.10 Å². The van der Waals surface area contributed by atoms with Crippen LogP contribution in [0.4, 0.5) is 0 Å². The molecule has 3 rings (SSSR count). The lowest BCUT2D eigenvalue weighted by Gasteiger charge is -2.24. The molecular weight excluding hydrogens is 260 g/mol. The molecule has 0 aliphatic heterocycles. The fourth-order valence-corrected chi connectivity index (χ4v) is 2.84. The molecule has 2 aromatic rings. The Balaban J connectivity index is 1.65. The molecule has 4 heteroatoms. The summed E-state index contributed by atoms with van der Waals surface area (Å²) in [5, 5.41) is 7.95. The summed E-state index contributed by atoms with van der Waals surface area (Å²) in [6.45, 7) is 1.87. The maximum atomic E-state index is 4.23. The van der Waals surface area contributed by atoms with Crippen LogP contribution in [0.25, 0.3) is 0 Å². The summed E-state index contributed by atoms with van der Waals surface area (Å²) >= 11 is 0. The van der Waals surface area contributed by atoms with E-state index in [0.29, 0.717) is 0 Å². The highest BCUT2D eigenvalue weighted by atomic mass is 15.3. The molecule has 4 nitrogen and oxygen atoms in total. The van der Waals surface area contributed by atoms with Gasteiger partial charge in [0.1, 0.15) is 12.7 Å². The third-order valence-corrected chi connectivity index (χ3v) is 4.07. The van der Waals surface area contributed by atoms with Crippen LogP contribution in [0.1, 0.15) is 30.9 Å². The minimum Gasteiger partial charge on any atom is -0.308 e. The number of rotatable bonds is 6. The van der Waals surface area contributed by atoms with Crippen LogP contribution >= 0.6 is 0 Å². The van der Waals surface area contributed by atoms with Gasteiger partial charge < -0.3 is 5.32 Å². The number of nitrogens with one attached hydrogen (secondary N) is 1. The van der Waals surface area contributed by atoms with E-state index in [1.807, 2.05) is 4.68 Å². The maximum Gasteiger partial charge on any atom is 0.137 e. The fraction of sp³-hybridized carbons (Fsp3) is 0.412. The zero-order valence-corrected chi connectivity index (χ0v) is 12.2. The van der Waals surface area contributed by atoms with Gasteiger partial charge in [-0.25, -0.2) is 4.98 Å². The molecule has 0 radical (unpaired) electrons. The van der Waals surface area contributed by atoms with Crippen LogP contribution in [-0.2, 0) is 6.54 Å².